The van der Waals surface area contributed by atoms with Gasteiger partial charge in [-0.15, -0.1) is 0 Å². The summed E-state index contributed by atoms with van der Waals surface area (Å²) in [6.45, 7) is 3.25. The molecule has 4 heteroatoms. The van der Waals surface area contributed by atoms with Gasteiger partial charge in [-0.3, -0.25) is 0 Å². The van der Waals surface area contributed by atoms with Crippen molar-refractivity contribution >= 4 is 0 Å². The predicted octanol–water partition coefficient (Wildman–Crippen LogP) is 3.80. The van der Waals surface area contributed by atoms with Crippen LogP contribution in [0.4, 0.5) is 0 Å². The predicted molar refractivity (Wildman–Crippen MR) is 93.0 cm³/mol. The third kappa shape index (κ3) is 4.47. The molecule has 0 aliphatic carbocycles. The summed E-state index contributed by atoms with van der Waals surface area (Å²) in [5.74, 6) is 1.46. The first-order chi connectivity index (χ1) is 11.2. The molecule has 0 spiro atoms. The van der Waals surface area contributed by atoms with Crippen LogP contribution in [0.25, 0.3) is 11.1 Å². The highest BCUT2D eigenvalue weighted by Gasteiger charge is 2.11. The Kier molecular flexibility index (Phi) is 6.44. The van der Waals surface area contributed by atoms with E-state index in [-0.39, 0.29) is 6.04 Å². The second-order valence-corrected chi connectivity index (χ2v) is 5.44. The van der Waals surface area contributed by atoms with E-state index in [0.717, 1.165) is 34.6 Å². The molecule has 4 nitrogen and oxygen atoms in total. The molecule has 1 atom stereocenters. The first-order valence-corrected chi connectivity index (χ1v) is 7.82. The molecule has 2 aromatic carbocycles. The summed E-state index contributed by atoms with van der Waals surface area (Å²) in [5, 5.41) is 0. The van der Waals surface area contributed by atoms with Gasteiger partial charge in [0.2, 0.25) is 0 Å². The van der Waals surface area contributed by atoms with Gasteiger partial charge in [-0.05, 0) is 35.7 Å². The van der Waals surface area contributed by atoms with Gasteiger partial charge in [-0.25, -0.2) is 0 Å². The van der Waals surface area contributed by atoms with Crippen LogP contribution in [0.3, 0.4) is 0 Å². The standard InChI is InChI=1S/C19H25NO3/c1-14(20)16-7-4-5-8-17(16)15-9-10-18(22-3)19(13-15)23-12-6-11-21-2/h4-5,7-10,13-14H,6,11-12,20H2,1-3H3. The minimum absolute atomic E-state index is 0.0284. The van der Waals surface area contributed by atoms with Crippen LogP contribution in [0.2, 0.25) is 0 Å². The van der Waals surface area contributed by atoms with Crippen molar-refractivity contribution < 1.29 is 14.2 Å². The third-order valence-corrected chi connectivity index (χ3v) is 3.68. The van der Waals surface area contributed by atoms with Crippen molar-refractivity contribution in [3.05, 3.63) is 48.0 Å². The summed E-state index contributed by atoms with van der Waals surface area (Å²) >= 11 is 0. The molecule has 0 fully saturated rings. The number of benzene rings is 2. The monoisotopic (exact) mass is 315 g/mol. The van der Waals surface area contributed by atoms with Gasteiger partial charge >= 0.3 is 0 Å². The maximum atomic E-state index is 6.09. The first kappa shape index (κ1) is 17.3. The fourth-order valence-electron chi connectivity index (χ4n) is 2.50. The van der Waals surface area contributed by atoms with E-state index >= 15 is 0 Å². The summed E-state index contributed by atoms with van der Waals surface area (Å²) in [6.07, 6.45) is 0.834. The summed E-state index contributed by atoms with van der Waals surface area (Å²) in [4.78, 5) is 0. The maximum absolute atomic E-state index is 6.09. The van der Waals surface area contributed by atoms with Crippen LogP contribution < -0.4 is 15.2 Å². The Morgan fingerprint density at radius 1 is 1.00 bits per heavy atom. The fourth-order valence-corrected chi connectivity index (χ4v) is 2.50. The molecule has 0 aliphatic heterocycles. The SMILES string of the molecule is COCCCOc1cc(-c2ccccc2C(C)N)ccc1OC. The van der Waals surface area contributed by atoms with Crippen molar-refractivity contribution in [2.75, 3.05) is 27.4 Å². The van der Waals surface area contributed by atoms with Crippen LogP contribution in [-0.2, 0) is 4.74 Å². The van der Waals surface area contributed by atoms with E-state index < -0.39 is 0 Å². The molecule has 0 radical (unpaired) electrons. The van der Waals surface area contributed by atoms with Crippen molar-refractivity contribution in [3.8, 4) is 22.6 Å². The third-order valence-electron chi connectivity index (χ3n) is 3.68. The van der Waals surface area contributed by atoms with Gasteiger partial charge in [0.15, 0.2) is 11.5 Å². The lowest BCUT2D eigenvalue weighted by molar-refractivity contribution is 0.170. The highest BCUT2D eigenvalue weighted by Crippen LogP contribution is 2.35. The summed E-state index contributed by atoms with van der Waals surface area (Å²) < 4.78 is 16.3. The highest BCUT2D eigenvalue weighted by atomic mass is 16.5. The fraction of sp³-hybridized carbons (Fsp3) is 0.368. The molecule has 23 heavy (non-hydrogen) atoms. The Morgan fingerprint density at radius 3 is 2.48 bits per heavy atom. The molecule has 0 aliphatic rings. The average molecular weight is 315 g/mol. The lowest BCUT2D eigenvalue weighted by atomic mass is 9.96. The van der Waals surface area contributed by atoms with E-state index in [1.54, 1.807) is 14.2 Å². The molecule has 1 unspecified atom stereocenters. The number of methoxy groups -OCH3 is 2. The second-order valence-electron chi connectivity index (χ2n) is 5.44. The van der Waals surface area contributed by atoms with Gasteiger partial charge < -0.3 is 19.9 Å². The molecular weight excluding hydrogens is 290 g/mol. The smallest absolute Gasteiger partial charge is 0.161 e. The molecule has 2 N–H and O–H groups in total. The Labute approximate surface area is 138 Å². The minimum atomic E-state index is -0.0284. The van der Waals surface area contributed by atoms with Crippen molar-refractivity contribution in [2.24, 2.45) is 5.73 Å². The molecule has 0 bridgehead atoms. The van der Waals surface area contributed by atoms with Gasteiger partial charge in [0, 0.05) is 26.2 Å². The van der Waals surface area contributed by atoms with Crippen LogP contribution >= 0.6 is 0 Å². The van der Waals surface area contributed by atoms with Crippen molar-refractivity contribution in [1.82, 2.24) is 0 Å². The number of rotatable bonds is 8. The molecule has 0 saturated heterocycles. The van der Waals surface area contributed by atoms with Gasteiger partial charge in [0.05, 0.1) is 13.7 Å². The maximum Gasteiger partial charge on any atom is 0.161 e. The van der Waals surface area contributed by atoms with Gasteiger partial charge in [-0.1, -0.05) is 30.3 Å². The molecule has 0 aromatic heterocycles. The number of nitrogens with two attached hydrogens (primary N) is 1. The lowest BCUT2D eigenvalue weighted by Gasteiger charge is -2.16. The molecule has 0 saturated carbocycles. The topological polar surface area (TPSA) is 53.7 Å². The lowest BCUT2D eigenvalue weighted by Crippen LogP contribution is -2.06. The van der Waals surface area contributed by atoms with E-state index in [1.807, 2.05) is 37.3 Å². The second kappa shape index (κ2) is 8.56. The largest absolute Gasteiger partial charge is 0.493 e. The number of ether oxygens (including phenoxy) is 3. The Balaban J connectivity index is 2.30. The normalized spacial score (nSPS) is 12.0. The van der Waals surface area contributed by atoms with E-state index in [4.69, 9.17) is 19.9 Å². The van der Waals surface area contributed by atoms with Crippen LogP contribution in [-0.4, -0.2) is 27.4 Å². The van der Waals surface area contributed by atoms with E-state index in [0.29, 0.717) is 13.2 Å². The van der Waals surface area contributed by atoms with Gasteiger partial charge in [0.25, 0.3) is 0 Å². The molecule has 0 amide bonds. The van der Waals surface area contributed by atoms with Crippen molar-refractivity contribution in [2.45, 2.75) is 19.4 Å². The van der Waals surface area contributed by atoms with Crippen LogP contribution in [0, 0.1) is 0 Å². The molecule has 124 valence electrons. The summed E-state index contributed by atoms with van der Waals surface area (Å²) in [5.41, 5.74) is 9.39. The summed E-state index contributed by atoms with van der Waals surface area (Å²) in [6, 6.07) is 14.1. The molecule has 2 aromatic rings. The zero-order valence-electron chi connectivity index (χ0n) is 14.0. The summed E-state index contributed by atoms with van der Waals surface area (Å²) in [7, 11) is 3.33. The van der Waals surface area contributed by atoms with Crippen molar-refractivity contribution in [1.29, 1.82) is 0 Å². The average Bonchev–Trinajstić information content (AvgIpc) is 2.58. The quantitative estimate of drug-likeness (QED) is 0.753. The number of hydrogen-bond acceptors (Lipinski definition) is 4. The van der Waals surface area contributed by atoms with Crippen LogP contribution in [0.15, 0.2) is 42.5 Å². The van der Waals surface area contributed by atoms with E-state index in [2.05, 4.69) is 12.1 Å². The zero-order chi connectivity index (χ0) is 16.7. The zero-order valence-corrected chi connectivity index (χ0v) is 14.0. The van der Waals surface area contributed by atoms with Gasteiger partial charge in [-0.2, -0.15) is 0 Å². The molecule has 0 heterocycles. The Bertz CT molecular complexity index is 626. The van der Waals surface area contributed by atoms with Gasteiger partial charge in [0.1, 0.15) is 0 Å². The van der Waals surface area contributed by atoms with Crippen LogP contribution in [0.1, 0.15) is 24.9 Å². The van der Waals surface area contributed by atoms with Crippen LogP contribution in [0.5, 0.6) is 11.5 Å². The highest BCUT2D eigenvalue weighted by molar-refractivity contribution is 5.70. The van der Waals surface area contributed by atoms with E-state index in [1.165, 1.54) is 0 Å². The molecular formula is C19H25NO3. The number of hydrogen-bond donors (Lipinski definition) is 1. The molecule has 2 rings (SSSR count). The minimum Gasteiger partial charge on any atom is -0.493 e. The Morgan fingerprint density at radius 2 is 1.78 bits per heavy atom. The van der Waals surface area contributed by atoms with E-state index in [9.17, 15) is 0 Å². The first-order valence-electron chi connectivity index (χ1n) is 7.82. The van der Waals surface area contributed by atoms with Crippen molar-refractivity contribution in [3.63, 3.8) is 0 Å². The Hall–Kier alpha value is -2.04.